The van der Waals surface area contributed by atoms with Crippen molar-refractivity contribution in [1.82, 2.24) is 30.6 Å². The monoisotopic (exact) mass is 475 g/mol. The highest BCUT2D eigenvalue weighted by molar-refractivity contribution is 8.18. The molecule has 5 rings (SSSR count). The number of amides is 2. The van der Waals surface area contributed by atoms with Crippen LogP contribution < -0.4 is 15.5 Å². The van der Waals surface area contributed by atoms with Crippen molar-refractivity contribution in [2.75, 3.05) is 24.5 Å². The summed E-state index contributed by atoms with van der Waals surface area (Å²) in [6.07, 6.45) is 9.19. The summed E-state index contributed by atoms with van der Waals surface area (Å²) in [4.78, 5) is 42.3. The van der Waals surface area contributed by atoms with E-state index in [0.29, 0.717) is 22.5 Å². The van der Waals surface area contributed by atoms with Gasteiger partial charge in [-0.1, -0.05) is 0 Å². The van der Waals surface area contributed by atoms with E-state index in [1.54, 1.807) is 18.3 Å². The molecule has 3 aromatic rings. The Hall–Kier alpha value is -3.50. The first-order valence-corrected chi connectivity index (χ1v) is 12.1. The molecule has 3 N–H and O–H groups in total. The highest BCUT2D eigenvalue weighted by atomic mass is 32.2. The number of pyridine rings is 1. The van der Waals surface area contributed by atoms with Crippen LogP contribution in [0.4, 0.5) is 10.7 Å². The highest BCUT2D eigenvalue weighted by Gasteiger charge is 2.25. The van der Waals surface area contributed by atoms with Crippen LogP contribution in [0.2, 0.25) is 0 Å². The Balaban J connectivity index is 1.11. The van der Waals surface area contributed by atoms with Gasteiger partial charge in [0.25, 0.3) is 11.1 Å². The number of hydrogen-bond acceptors (Lipinski definition) is 8. The maximum Gasteiger partial charge on any atom is 0.290 e. The largest absolute Gasteiger partial charge is 0.360 e. The lowest BCUT2D eigenvalue weighted by atomic mass is 9.97. The normalized spacial score (nSPS) is 18.0. The zero-order chi connectivity index (χ0) is 23.3. The maximum absolute atomic E-state index is 11.8. The fourth-order valence-corrected chi connectivity index (χ4v) is 4.80. The second-order valence-electron chi connectivity index (χ2n) is 8.33. The number of nitrogens with zero attached hydrogens (tertiary/aromatic N) is 4. The van der Waals surface area contributed by atoms with E-state index in [4.69, 9.17) is 0 Å². The zero-order valence-electron chi connectivity index (χ0n) is 18.5. The van der Waals surface area contributed by atoms with E-state index in [2.05, 4.69) is 41.5 Å². The Morgan fingerprint density at radius 2 is 2.00 bits per heavy atom. The lowest BCUT2D eigenvalue weighted by Crippen LogP contribution is -2.38. The molecule has 9 nitrogen and oxygen atoms in total. The van der Waals surface area contributed by atoms with Crippen LogP contribution in [0.25, 0.3) is 17.5 Å². The van der Waals surface area contributed by atoms with Crippen molar-refractivity contribution in [1.29, 1.82) is 0 Å². The van der Waals surface area contributed by atoms with Crippen LogP contribution in [0.5, 0.6) is 0 Å². The van der Waals surface area contributed by atoms with Crippen LogP contribution in [0, 0.1) is 5.92 Å². The Kier molecular flexibility index (Phi) is 6.68. The van der Waals surface area contributed by atoms with Crippen molar-refractivity contribution in [2.24, 2.45) is 5.92 Å². The topological polar surface area (TPSA) is 116 Å². The van der Waals surface area contributed by atoms with Gasteiger partial charge in [0.05, 0.1) is 22.0 Å². The number of carbonyl (C=O) groups is 2. The number of nitrogens with one attached hydrogen (secondary N) is 3. The van der Waals surface area contributed by atoms with Crippen LogP contribution in [0.1, 0.15) is 24.1 Å². The summed E-state index contributed by atoms with van der Waals surface area (Å²) in [7, 11) is 0. The van der Waals surface area contributed by atoms with Crippen LogP contribution >= 0.6 is 11.8 Å². The number of hydrogen-bond donors (Lipinski definition) is 3. The molecule has 0 aliphatic carbocycles. The maximum atomic E-state index is 11.8. The molecule has 5 heterocycles. The Morgan fingerprint density at radius 3 is 2.76 bits per heavy atom. The molecule has 0 unspecified atom stereocenters. The molecule has 10 heteroatoms. The fourth-order valence-electron chi connectivity index (χ4n) is 4.13. The van der Waals surface area contributed by atoms with E-state index in [1.807, 2.05) is 30.6 Å². The van der Waals surface area contributed by atoms with E-state index in [9.17, 15) is 9.59 Å². The number of piperidine rings is 1. The van der Waals surface area contributed by atoms with Crippen LogP contribution in [-0.2, 0) is 11.3 Å². The average molecular weight is 476 g/mol. The molecule has 0 bridgehead atoms. The summed E-state index contributed by atoms with van der Waals surface area (Å²) < 4.78 is 0. The molecule has 0 aromatic carbocycles. The van der Waals surface area contributed by atoms with Gasteiger partial charge in [-0.3, -0.25) is 19.9 Å². The minimum Gasteiger partial charge on any atom is -0.360 e. The third kappa shape index (κ3) is 5.35. The molecule has 2 aliphatic rings. The van der Waals surface area contributed by atoms with E-state index >= 15 is 0 Å². The smallest absolute Gasteiger partial charge is 0.290 e. The van der Waals surface area contributed by atoms with Gasteiger partial charge >= 0.3 is 0 Å². The third-order valence-electron chi connectivity index (χ3n) is 5.94. The number of anilines is 1. The highest BCUT2D eigenvalue weighted by Crippen LogP contribution is 2.26. The zero-order valence-corrected chi connectivity index (χ0v) is 19.3. The number of H-pyrrole nitrogens is 1. The number of aromatic nitrogens is 4. The predicted octanol–water partition coefficient (Wildman–Crippen LogP) is 3.20. The summed E-state index contributed by atoms with van der Waals surface area (Å²) in [5, 5.41) is 5.50. The second kappa shape index (κ2) is 10.2. The van der Waals surface area contributed by atoms with Gasteiger partial charge in [-0.15, -0.1) is 0 Å². The minimum absolute atomic E-state index is 0.355. The van der Waals surface area contributed by atoms with Crippen LogP contribution in [0.3, 0.4) is 0 Å². The molecule has 0 spiro atoms. The summed E-state index contributed by atoms with van der Waals surface area (Å²) in [6, 6.07) is 9.90. The first-order chi connectivity index (χ1) is 16.6. The van der Waals surface area contributed by atoms with Gasteiger partial charge in [0.15, 0.2) is 0 Å². The molecule has 2 fully saturated rings. The molecule has 174 valence electrons. The molecule has 0 radical (unpaired) electrons. The lowest BCUT2D eigenvalue weighted by molar-refractivity contribution is -0.115. The fraction of sp³-hybridized carbons (Fsp3) is 0.292. The van der Waals surface area contributed by atoms with Gasteiger partial charge in [0, 0.05) is 38.2 Å². The predicted molar refractivity (Wildman–Crippen MR) is 132 cm³/mol. The Labute approximate surface area is 201 Å². The quantitative estimate of drug-likeness (QED) is 0.446. The number of aromatic amines is 1. The van der Waals surface area contributed by atoms with E-state index in [0.717, 1.165) is 62.2 Å². The molecule has 3 aromatic heterocycles. The first kappa shape index (κ1) is 22.3. The molecule has 34 heavy (non-hydrogen) atoms. The molecular formula is C24H25N7O2S. The SMILES string of the molecule is O=C1NC(=O)C(=Cc2ccnc(N3CCC(CNCc4ccnc(-c5ccc[nH]5)c4)CC3)n2)S1. The van der Waals surface area contributed by atoms with E-state index in [-0.39, 0.29) is 11.1 Å². The van der Waals surface area contributed by atoms with Gasteiger partial charge in [0.2, 0.25) is 5.95 Å². The summed E-state index contributed by atoms with van der Waals surface area (Å²) in [5.74, 6) is 0.871. The van der Waals surface area contributed by atoms with Crippen molar-refractivity contribution >= 4 is 34.9 Å². The Morgan fingerprint density at radius 1 is 1.15 bits per heavy atom. The molecule has 2 amide bonds. The van der Waals surface area contributed by atoms with Crippen molar-refractivity contribution in [3.8, 4) is 11.4 Å². The number of thioether (sulfide) groups is 1. The summed E-state index contributed by atoms with van der Waals surface area (Å²) in [6.45, 7) is 3.53. The van der Waals surface area contributed by atoms with Crippen LogP contribution in [0.15, 0.2) is 53.8 Å². The van der Waals surface area contributed by atoms with Crippen molar-refractivity contribution in [3.63, 3.8) is 0 Å². The third-order valence-corrected chi connectivity index (χ3v) is 6.75. The molecule has 2 aliphatic heterocycles. The lowest BCUT2D eigenvalue weighted by Gasteiger charge is -2.32. The summed E-state index contributed by atoms with van der Waals surface area (Å²) in [5.41, 5.74) is 3.81. The second-order valence-corrected chi connectivity index (χ2v) is 9.34. The van der Waals surface area contributed by atoms with Gasteiger partial charge in [-0.25, -0.2) is 9.97 Å². The van der Waals surface area contributed by atoms with Crippen molar-refractivity contribution in [3.05, 3.63) is 65.1 Å². The minimum atomic E-state index is -0.379. The first-order valence-electron chi connectivity index (χ1n) is 11.3. The number of rotatable bonds is 7. The van der Waals surface area contributed by atoms with Crippen molar-refractivity contribution in [2.45, 2.75) is 19.4 Å². The van der Waals surface area contributed by atoms with E-state index in [1.165, 1.54) is 5.56 Å². The van der Waals surface area contributed by atoms with Gasteiger partial charge in [0.1, 0.15) is 0 Å². The average Bonchev–Trinajstić information content (AvgIpc) is 3.50. The standard InChI is InChI=1S/C24H25N7O2S/c32-22-21(34-24(33)30-22)13-18-4-9-28-23(29-18)31-10-5-16(6-11-31)14-25-15-17-3-8-27-20(12-17)19-2-1-7-26-19/h1-4,7-9,12-13,16,25-26H,5-6,10-11,14-15H2,(H,30,32,33). The van der Waals surface area contributed by atoms with Gasteiger partial charge < -0.3 is 15.2 Å². The molecular weight excluding hydrogens is 450 g/mol. The summed E-state index contributed by atoms with van der Waals surface area (Å²) >= 11 is 0.892. The van der Waals surface area contributed by atoms with E-state index < -0.39 is 0 Å². The molecule has 0 saturated carbocycles. The van der Waals surface area contributed by atoms with Crippen molar-refractivity contribution < 1.29 is 9.59 Å². The van der Waals surface area contributed by atoms with Crippen LogP contribution in [-0.4, -0.2) is 50.7 Å². The molecule has 0 atom stereocenters. The number of imide groups is 1. The molecule has 2 saturated heterocycles. The van der Waals surface area contributed by atoms with Gasteiger partial charge in [-0.2, -0.15) is 0 Å². The number of carbonyl (C=O) groups excluding carboxylic acids is 2. The Bertz CT molecular complexity index is 1200. The van der Waals surface area contributed by atoms with Gasteiger partial charge in [-0.05, 0) is 79.0 Å².